The summed E-state index contributed by atoms with van der Waals surface area (Å²) in [7, 11) is 0. The molecule has 0 aliphatic heterocycles. The van der Waals surface area contributed by atoms with Gasteiger partial charge in [-0.2, -0.15) is 5.26 Å². The number of carbonyl (C=O) groups excluding carboxylic acids is 1. The number of nitrogen functional groups attached to an aromatic ring is 1. The van der Waals surface area contributed by atoms with Crippen LogP contribution in [0.15, 0.2) is 18.2 Å². The van der Waals surface area contributed by atoms with Crippen molar-refractivity contribution < 1.29 is 9.18 Å². The first-order valence-corrected chi connectivity index (χ1v) is 5.31. The number of amides is 1. The molecule has 0 saturated carbocycles. The van der Waals surface area contributed by atoms with E-state index in [1.54, 1.807) is 0 Å². The van der Waals surface area contributed by atoms with Crippen LogP contribution in [0.5, 0.6) is 0 Å². The molecule has 0 fully saturated rings. The van der Waals surface area contributed by atoms with E-state index in [1.165, 1.54) is 17.0 Å². The van der Waals surface area contributed by atoms with Crippen LogP contribution >= 0.6 is 0 Å². The average Bonchev–Trinajstić information content (AvgIpc) is 2.33. The normalized spacial score (nSPS) is 9.71. The van der Waals surface area contributed by atoms with Crippen molar-refractivity contribution in [3.8, 4) is 6.07 Å². The molecule has 17 heavy (non-hydrogen) atoms. The summed E-state index contributed by atoms with van der Waals surface area (Å²) in [4.78, 5) is 13.4. The Morgan fingerprint density at radius 3 is 2.82 bits per heavy atom. The van der Waals surface area contributed by atoms with Crippen molar-refractivity contribution in [1.29, 1.82) is 5.26 Å². The Hall–Kier alpha value is -2.09. The van der Waals surface area contributed by atoms with Crippen LogP contribution in [0.3, 0.4) is 0 Å². The van der Waals surface area contributed by atoms with Crippen LogP contribution in [0.25, 0.3) is 0 Å². The maximum Gasteiger partial charge on any atom is 0.253 e. The van der Waals surface area contributed by atoms with Gasteiger partial charge in [0.15, 0.2) is 0 Å². The lowest BCUT2D eigenvalue weighted by Gasteiger charge is -2.19. The van der Waals surface area contributed by atoms with Crippen LogP contribution in [0.2, 0.25) is 0 Å². The molecule has 0 unspecified atom stereocenters. The Bertz CT molecular complexity index is 454. The van der Waals surface area contributed by atoms with Gasteiger partial charge in [-0.15, -0.1) is 0 Å². The number of carbonyl (C=O) groups is 1. The second-order valence-corrected chi connectivity index (χ2v) is 3.53. The van der Waals surface area contributed by atoms with Gasteiger partial charge in [-0.1, -0.05) is 0 Å². The van der Waals surface area contributed by atoms with Crippen molar-refractivity contribution in [1.82, 2.24) is 4.90 Å². The van der Waals surface area contributed by atoms with Crippen LogP contribution in [0.1, 0.15) is 23.7 Å². The lowest BCUT2D eigenvalue weighted by atomic mass is 10.1. The Morgan fingerprint density at radius 1 is 1.59 bits per heavy atom. The van der Waals surface area contributed by atoms with Gasteiger partial charge in [-0.05, 0) is 25.1 Å². The maximum absolute atomic E-state index is 13.2. The number of hydrogen-bond acceptors (Lipinski definition) is 3. The fraction of sp³-hybridized carbons (Fsp3) is 0.333. The summed E-state index contributed by atoms with van der Waals surface area (Å²) in [5.41, 5.74) is 5.60. The third kappa shape index (κ3) is 3.18. The van der Waals surface area contributed by atoms with Crippen molar-refractivity contribution in [3.63, 3.8) is 0 Å². The molecule has 1 aromatic rings. The van der Waals surface area contributed by atoms with Gasteiger partial charge >= 0.3 is 0 Å². The molecule has 5 heteroatoms. The monoisotopic (exact) mass is 235 g/mol. The fourth-order valence-electron chi connectivity index (χ4n) is 1.43. The summed E-state index contributed by atoms with van der Waals surface area (Å²) in [6.45, 7) is 2.63. The first-order valence-electron chi connectivity index (χ1n) is 5.31. The van der Waals surface area contributed by atoms with Gasteiger partial charge in [0.25, 0.3) is 5.91 Å². The van der Waals surface area contributed by atoms with Crippen molar-refractivity contribution in [3.05, 3.63) is 29.6 Å². The number of nitriles is 1. The zero-order valence-corrected chi connectivity index (χ0v) is 9.61. The van der Waals surface area contributed by atoms with Crippen molar-refractivity contribution in [2.45, 2.75) is 13.3 Å². The standard InChI is InChI=1S/C12H14FN3O/c1-2-16(7-3-6-14)12(17)9-4-5-11(15)10(13)8-9/h4-5,8H,2-3,7,15H2,1H3. The summed E-state index contributed by atoms with van der Waals surface area (Å²) in [5, 5.41) is 8.48. The van der Waals surface area contributed by atoms with E-state index in [2.05, 4.69) is 0 Å². The summed E-state index contributed by atoms with van der Waals surface area (Å²) in [6, 6.07) is 5.93. The van der Waals surface area contributed by atoms with Crippen molar-refractivity contribution in [2.24, 2.45) is 0 Å². The molecule has 0 spiro atoms. The molecule has 1 aromatic carbocycles. The zero-order chi connectivity index (χ0) is 12.8. The van der Waals surface area contributed by atoms with Crippen molar-refractivity contribution in [2.75, 3.05) is 18.8 Å². The van der Waals surface area contributed by atoms with Crippen LogP contribution in [-0.2, 0) is 0 Å². The van der Waals surface area contributed by atoms with Gasteiger partial charge in [0, 0.05) is 18.7 Å². The minimum atomic E-state index is -0.604. The zero-order valence-electron chi connectivity index (χ0n) is 9.61. The lowest BCUT2D eigenvalue weighted by Crippen LogP contribution is -2.31. The van der Waals surface area contributed by atoms with Gasteiger partial charge in [-0.25, -0.2) is 4.39 Å². The molecule has 90 valence electrons. The Morgan fingerprint density at radius 2 is 2.29 bits per heavy atom. The number of anilines is 1. The molecule has 1 amide bonds. The highest BCUT2D eigenvalue weighted by molar-refractivity contribution is 5.94. The Balaban J connectivity index is 2.86. The second-order valence-electron chi connectivity index (χ2n) is 3.53. The number of hydrogen-bond donors (Lipinski definition) is 1. The first-order chi connectivity index (χ1) is 8.10. The molecule has 1 rings (SSSR count). The summed E-state index contributed by atoms with van der Waals surface area (Å²) in [6.07, 6.45) is 0.261. The van der Waals surface area contributed by atoms with Crippen LogP contribution < -0.4 is 5.73 Å². The van der Waals surface area contributed by atoms with E-state index in [1.807, 2.05) is 13.0 Å². The minimum Gasteiger partial charge on any atom is -0.396 e. The van der Waals surface area contributed by atoms with Gasteiger partial charge < -0.3 is 10.6 Å². The molecule has 0 aliphatic carbocycles. The average molecular weight is 235 g/mol. The Kier molecular flexibility index (Phi) is 4.46. The molecule has 0 radical (unpaired) electrons. The first kappa shape index (κ1) is 13.0. The van der Waals surface area contributed by atoms with Gasteiger partial charge in [0.2, 0.25) is 0 Å². The second kappa shape index (κ2) is 5.85. The largest absolute Gasteiger partial charge is 0.396 e. The molecular formula is C12H14FN3O. The maximum atomic E-state index is 13.2. The SMILES string of the molecule is CCN(CCC#N)C(=O)c1ccc(N)c(F)c1. The van der Waals surface area contributed by atoms with Gasteiger partial charge in [0.05, 0.1) is 18.2 Å². The van der Waals surface area contributed by atoms with Crippen molar-refractivity contribution >= 4 is 11.6 Å². The summed E-state index contributed by atoms with van der Waals surface area (Å²) in [5.74, 6) is -0.895. The predicted molar refractivity (Wildman–Crippen MR) is 62.6 cm³/mol. The molecule has 0 aliphatic rings. The van der Waals surface area contributed by atoms with E-state index < -0.39 is 5.82 Å². The molecule has 0 saturated heterocycles. The number of halogens is 1. The van der Waals surface area contributed by atoms with E-state index in [4.69, 9.17) is 11.0 Å². The van der Waals surface area contributed by atoms with Gasteiger partial charge in [-0.3, -0.25) is 4.79 Å². The summed E-state index contributed by atoms with van der Waals surface area (Å²) >= 11 is 0. The van der Waals surface area contributed by atoms with E-state index in [0.717, 1.165) is 6.07 Å². The highest BCUT2D eigenvalue weighted by Crippen LogP contribution is 2.13. The smallest absolute Gasteiger partial charge is 0.253 e. The number of nitrogens with two attached hydrogens (primary N) is 1. The molecule has 0 bridgehead atoms. The van der Waals surface area contributed by atoms with E-state index in [-0.39, 0.29) is 23.6 Å². The molecule has 0 atom stereocenters. The van der Waals surface area contributed by atoms with E-state index in [9.17, 15) is 9.18 Å². The molecular weight excluding hydrogens is 221 g/mol. The highest BCUT2D eigenvalue weighted by atomic mass is 19.1. The van der Waals surface area contributed by atoms with E-state index in [0.29, 0.717) is 13.1 Å². The topological polar surface area (TPSA) is 70.1 Å². The van der Waals surface area contributed by atoms with Crippen LogP contribution in [0, 0.1) is 17.1 Å². The predicted octanol–water partition coefficient (Wildman–Crippen LogP) is 1.78. The number of nitrogens with zero attached hydrogens (tertiary/aromatic N) is 2. The quantitative estimate of drug-likeness (QED) is 0.809. The number of benzene rings is 1. The summed E-state index contributed by atoms with van der Waals surface area (Å²) < 4.78 is 13.2. The van der Waals surface area contributed by atoms with Gasteiger partial charge in [0.1, 0.15) is 5.82 Å². The van der Waals surface area contributed by atoms with Crippen LogP contribution in [0.4, 0.5) is 10.1 Å². The molecule has 2 N–H and O–H groups in total. The molecule has 4 nitrogen and oxygen atoms in total. The van der Waals surface area contributed by atoms with Crippen LogP contribution in [-0.4, -0.2) is 23.9 Å². The highest BCUT2D eigenvalue weighted by Gasteiger charge is 2.14. The molecule has 0 heterocycles. The Labute approximate surface area is 99.4 Å². The number of rotatable bonds is 4. The fourth-order valence-corrected chi connectivity index (χ4v) is 1.43. The minimum absolute atomic E-state index is 0.0154. The lowest BCUT2D eigenvalue weighted by molar-refractivity contribution is 0.0767. The third-order valence-electron chi connectivity index (χ3n) is 2.41. The molecule has 0 aromatic heterocycles. The third-order valence-corrected chi connectivity index (χ3v) is 2.41. The van der Waals surface area contributed by atoms with E-state index >= 15 is 0 Å².